The fraction of sp³-hybridized carbons (Fsp3) is 0.481. The van der Waals surface area contributed by atoms with E-state index in [1.165, 1.54) is 36.4 Å². The molecule has 0 spiro atoms. The molecule has 1 N–H and O–H groups in total. The van der Waals surface area contributed by atoms with E-state index in [1.807, 2.05) is 0 Å². The van der Waals surface area contributed by atoms with Crippen LogP contribution in [0.5, 0.6) is 0 Å². The first-order valence-corrected chi connectivity index (χ1v) is 14.4. The smallest absolute Gasteiger partial charge is 0.365 e. The maximum absolute atomic E-state index is 14.5. The van der Waals surface area contributed by atoms with Gasteiger partial charge >= 0.3 is 6.18 Å². The van der Waals surface area contributed by atoms with E-state index >= 15 is 0 Å². The lowest BCUT2D eigenvalue weighted by Gasteiger charge is -2.32. The summed E-state index contributed by atoms with van der Waals surface area (Å²) < 4.78 is 86.3. The number of hydrogen-bond donors (Lipinski definition) is 1. The van der Waals surface area contributed by atoms with Crippen molar-refractivity contribution in [1.29, 1.82) is 0 Å². The lowest BCUT2D eigenvalue weighted by Crippen LogP contribution is -2.53. The molecule has 2 aromatic carbocycles. The van der Waals surface area contributed by atoms with Gasteiger partial charge in [0.1, 0.15) is 31.0 Å². The molecule has 1 unspecified atom stereocenters. The Hall–Kier alpha value is -2.83. The zero-order valence-electron chi connectivity index (χ0n) is 21.6. The Kier molecular flexibility index (Phi) is 8.21. The van der Waals surface area contributed by atoms with Crippen LogP contribution in [0.4, 0.5) is 17.6 Å². The molecule has 5 atom stereocenters. The zero-order chi connectivity index (χ0) is 28.7. The topological polar surface area (TPSA) is 92.8 Å². The normalized spacial score (nSPS) is 23.2. The molecule has 2 aliphatic rings. The van der Waals surface area contributed by atoms with Crippen molar-refractivity contribution in [2.45, 2.75) is 61.7 Å². The second-order valence-corrected chi connectivity index (χ2v) is 12.5. The van der Waals surface area contributed by atoms with E-state index in [9.17, 15) is 35.6 Å². The molecular formula is C27H30F4N2O5S. The van der Waals surface area contributed by atoms with E-state index in [4.69, 9.17) is 4.74 Å². The number of likely N-dealkylation sites (tertiary alicyclic amines) is 1. The van der Waals surface area contributed by atoms with Gasteiger partial charge in [0.2, 0.25) is 5.91 Å². The van der Waals surface area contributed by atoms with Crippen molar-refractivity contribution in [3.8, 4) is 11.1 Å². The minimum Gasteiger partial charge on any atom is -0.365 e. The lowest BCUT2D eigenvalue weighted by molar-refractivity contribution is -0.163. The third-order valence-electron chi connectivity index (χ3n) is 6.95. The van der Waals surface area contributed by atoms with Gasteiger partial charge in [0.15, 0.2) is 15.6 Å². The number of sulfone groups is 1. The van der Waals surface area contributed by atoms with Crippen molar-refractivity contribution in [2.24, 2.45) is 5.92 Å². The van der Waals surface area contributed by atoms with Gasteiger partial charge in [-0.2, -0.15) is 13.2 Å². The standard InChI is InChI=1S/C27H30F4N2O5S/c1-15(2)11-21(26(35)33-13-20(28)24-23(33)22(34)14-38-24)32-25(27(29,30)31)17-9-7-16(8-10-17)18-5-4-6-19(12-18)39(3,36)37/h4-10,12,15,20-21,23-25,32H,11,13-14H2,1-3H3/t20-,21-,23+,24+,25?/m0/s1. The molecule has 0 aromatic heterocycles. The van der Waals surface area contributed by atoms with E-state index in [0.717, 1.165) is 11.2 Å². The molecule has 0 bridgehead atoms. The first kappa shape index (κ1) is 29.2. The Morgan fingerprint density at radius 2 is 1.79 bits per heavy atom. The van der Waals surface area contributed by atoms with E-state index in [0.29, 0.717) is 11.1 Å². The third kappa shape index (κ3) is 6.33. The quantitative estimate of drug-likeness (QED) is 0.485. The summed E-state index contributed by atoms with van der Waals surface area (Å²) in [6, 6.07) is 6.80. The van der Waals surface area contributed by atoms with Crippen LogP contribution in [0.2, 0.25) is 0 Å². The number of ether oxygens (including phenoxy) is 1. The second-order valence-electron chi connectivity index (χ2n) is 10.4. The van der Waals surface area contributed by atoms with Crippen molar-refractivity contribution in [3.63, 3.8) is 0 Å². The fourth-order valence-electron chi connectivity index (χ4n) is 5.09. The number of benzene rings is 2. The average Bonchev–Trinajstić information content (AvgIpc) is 3.40. The number of fused-ring (bicyclic) bond motifs is 1. The fourth-order valence-corrected chi connectivity index (χ4v) is 5.76. The Morgan fingerprint density at radius 3 is 2.38 bits per heavy atom. The van der Waals surface area contributed by atoms with Gasteiger partial charge < -0.3 is 9.64 Å². The Labute approximate surface area is 224 Å². The molecule has 0 saturated carbocycles. The Bertz CT molecular complexity index is 1330. The number of amides is 1. The van der Waals surface area contributed by atoms with Gasteiger partial charge in [-0.3, -0.25) is 14.9 Å². The van der Waals surface area contributed by atoms with Gasteiger partial charge in [0, 0.05) is 6.26 Å². The lowest BCUT2D eigenvalue weighted by atomic mass is 9.97. The van der Waals surface area contributed by atoms with Crippen LogP contribution >= 0.6 is 0 Å². The van der Waals surface area contributed by atoms with Gasteiger partial charge in [-0.15, -0.1) is 0 Å². The highest BCUT2D eigenvalue weighted by molar-refractivity contribution is 7.90. The minimum atomic E-state index is -4.78. The number of alkyl halides is 4. The highest BCUT2D eigenvalue weighted by atomic mass is 32.2. The molecule has 2 aliphatic heterocycles. The number of nitrogens with zero attached hydrogens (tertiary/aromatic N) is 1. The summed E-state index contributed by atoms with van der Waals surface area (Å²) in [4.78, 5) is 26.8. The van der Waals surface area contributed by atoms with Crippen molar-refractivity contribution in [1.82, 2.24) is 10.2 Å². The molecule has 7 nitrogen and oxygen atoms in total. The molecule has 39 heavy (non-hydrogen) atoms. The van der Waals surface area contributed by atoms with Crippen LogP contribution < -0.4 is 5.32 Å². The van der Waals surface area contributed by atoms with Crippen molar-refractivity contribution in [2.75, 3.05) is 19.4 Å². The number of Topliss-reactive ketones (excluding diaryl/α,β-unsaturated/α-hetero) is 1. The van der Waals surface area contributed by atoms with Crippen LogP contribution in [0, 0.1) is 5.92 Å². The Balaban J connectivity index is 1.61. The highest BCUT2D eigenvalue weighted by Crippen LogP contribution is 2.36. The van der Waals surface area contributed by atoms with Gasteiger partial charge in [0.25, 0.3) is 0 Å². The number of carbonyl (C=O) groups is 2. The molecule has 0 radical (unpaired) electrons. The average molecular weight is 571 g/mol. The summed E-state index contributed by atoms with van der Waals surface area (Å²) in [5.41, 5.74) is 0.869. The molecule has 2 heterocycles. The number of nitrogens with one attached hydrogen (secondary N) is 1. The van der Waals surface area contributed by atoms with Gasteiger partial charge in [0.05, 0.1) is 17.5 Å². The van der Waals surface area contributed by atoms with Crippen molar-refractivity contribution >= 4 is 21.5 Å². The molecule has 2 fully saturated rings. The maximum Gasteiger partial charge on any atom is 0.407 e. The van der Waals surface area contributed by atoms with Crippen molar-refractivity contribution in [3.05, 3.63) is 54.1 Å². The van der Waals surface area contributed by atoms with Crippen LogP contribution in [0.1, 0.15) is 31.9 Å². The second kappa shape index (κ2) is 11.0. The van der Waals surface area contributed by atoms with Crippen molar-refractivity contribution < 1.29 is 40.3 Å². The van der Waals surface area contributed by atoms with Crippen LogP contribution in [-0.4, -0.2) is 75.0 Å². The summed E-state index contributed by atoms with van der Waals surface area (Å²) >= 11 is 0. The molecular weight excluding hydrogens is 540 g/mol. The molecule has 12 heteroatoms. The number of hydrogen-bond acceptors (Lipinski definition) is 6. The molecule has 0 aliphatic carbocycles. The van der Waals surface area contributed by atoms with Gasteiger partial charge in [-0.05, 0) is 41.2 Å². The predicted octanol–water partition coefficient (Wildman–Crippen LogP) is 3.88. The first-order valence-electron chi connectivity index (χ1n) is 12.5. The molecule has 2 saturated heterocycles. The highest BCUT2D eigenvalue weighted by Gasteiger charge is 2.54. The molecule has 4 rings (SSSR count). The largest absolute Gasteiger partial charge is 0.407 e. The number of carbonyl (C=O) groups excluding carboxylic acids is 2. The van der Waals surface area contributed by atoms with E-state index in [-0.39, 0.29) is 29.4 Å². The van der Waals surface area contributed by atoms with E-state index in [2.05, 4.69) is 5.32 Å². The summed E-state index contributed by atoms with van der Waals surface area (Å²) in [5.74, 6) is -1.43. The van der Waals surface area contributed by atoms with Gasteiger partial charge in [-0.1, -0.05) is 50.2 Å². The molecule has 212 valence electrons. The zero-order valence-corrected chi connectivity index (χ0v) is 22.4. The van der Waals surface area contributed by atoms with Crippen LogP contribution in [0.3, 0.4) is 0 Å². The maximum atomic E-state index is 14.5. The van der Waals surface area contributed by atoms with Crippen LogP contribution in [0.15, 0.2) is 53.4 Å². The number of rotatable bonds is 8. The first-order chi connectivity index (χ1) is 18.2. The van der Waals surface area contributed by atoms with Crippen LogP contribution in [-0.2, 0) is 24.2 Å². The van der Waals surface area contributed by atoms with E-state index < -0.39 is 64.6 Å². The SMILES string of the molecule is CC(C)C[C@H](NC(c1ccc(-c2cccc(S(C)(=O)=O)c2)cc1)C(F)(F)F)C(=O)N1C[C@H](F)[C@H]2OCC(=O)[C@H]21. The molecule has 1 amide bonds. The summed E-state index contributed by atoms with van der Waals surface area (Å²) in [6.07, 6.45) is -6.39. The third-order valence-corrected chi connectivity index (χ3v) is 8.06. The monoisotopic (exact) mass is 570 g/mol. The van der Waals surface area contributed by atoms with Gasteiger partial charge in [-0.25, -0.2) is 12.8 Å². The minimum absolute atomic E-state index is 0.0294. The predicted molar refractivity (Wildman–Crippen MR) is 135 cm³/mol. The van der Waals surface area contributed by atoms with Crippen LogP contribution in [0.25, 0.3) is 11.1 Å². The molecule has 2 aromatic rings. The summed E-state index contributed by atoms with van der Waals surface area (Å²) in [6.45, 7) is 2.73. The summed E-state index contributed by atoms with van der Waals surface area (Å²) in [7, 11) is -3.47. The number of ketones is 1. The van der Waals surface area contributed by atoms with E-state index in [1.54, 1.807) is 26.0 Å². The Morgan fingerprint density at radius 1 is 1.13 bits per heavy atom. The number of halogens is 4. The summed E-state index contributed by atoms with van der Waals surface area (Å²) in [5, 5.41) is 2.45.